The maximum Gasteiger partial charge on any atom is 0.250 e. The Morgan fingerprint density at radius 2 is 1.93 bits per heavy atom. The number of carbonyl (C=O) groups is 2. The number of hydrogen-bond acceptors (Lipinski definition) is 2. The zero-order chi connectivity index (χ0) is 10.9. The third-order valence-electron chi connectivity index (χ3n) is 1.72. The molecule has 1 aliphatic rings. The van der Waals surface area contributed by atoms with E-state index in [9.17, 15) is 9.59 Å². The van der Waals surface area contributed by atoms with Gasteiger partial charge < -0.3 is 0 Å². The summed E-state index contributed by atoms with van der Waals surface area (Å²) in [5, 5.41) is -1.33. The molecule has 0 saturated carbocycles. The molecule has 1 aliphatic carbocycles. The van der Waals surface area contributed by atoms with Crippen molar-refractivity contribution in [3.05, 3.63) is 23.3 Å². The maximum absolute atomic E-state index is 10.9. The van der Waals surface area contributed by atoms with Gasteiger partial charge in [-0.05, 0) is 29.3 Å². The molecule has 0 aromatic heterocycles. The highest BCUT2D eigenvalue weighted by Crippen LogP contribution is 2.34. The van der Waals surface area contributed by atoms with Crippen LogP contribution in [0.15, 0.2) is 23.3 Å². The molecular formula is C8H4Cl4O2. The Hall–Kier alpha value is -0.0200. The Balaban J connectivity index is 3.02. The molecule has 76 valence electrons. The molecule has 0 N–H and O–H groups in total. The van der Waals surface area contributed by atoms with E-state index in [2.05, 4.69) is 0 Å². The second kappa shape index (κ2) is 4.23. The molecule has 2 atom stereocenters. The third kappa shape index (κ3) is 2.31. The fraction of sp³-hybridized carbons (Fsp3) is 0.250. The van der Waals surface area contributed by atoms with Gasteiger partial charge in [-0.25, -0.2) is 0 Å². The molecule has 6 heteroatoms. The molecule has 14 heavy (non-hydrogen) atoms. The van der Waals surface area contributed by atoms with Gasteiger partial charge in [0.1, 0.15) is 0 Å². The summed E-state index contributed by atoms with van der Waals surface area (Å²) in [6, 6.07) is 0. The number of carbonyl (C=O) groups excluding carboxylic acids is 2. The summed E-state index contributed by atoms with van der Waals surface area (Å²) in [5.74, 6) is -0.749. The molecule has 0 amide bonds. The van der Waals surface area contributed by atoms with Gasteiger partial charge in [0.2, 0.25) is 5.24 Å². The summed E-state index contributed by atoms with van der Waals surface area (Å²) in [5.41, 5.74) is 0. The van der Waals surface area contributed by atoms with Crippen LogP contribution in [0.2, 0.25) is 0 Å². The van der Waals surface area contributed by atoms with Crippen LogP contribution in [-0.4, -0.2) is 15.4 Å². The zero-order valence-electron chi connectivity index (χ0n) is 6.64. The molecule has 0 aliphatic heterocycles. The van der Waals surface area contributed by atoms with Crippen LogP contribution < -0.4 is 0 Å². The second-order valence-electron chi connectivity index (χ2n) is 2.71. The van der Waals surface area contributed by atoms with Crippen LogP contribution in [0.3, 0.4) is 0 Å². The predicted octanol–water partition coefficient (Wildman–Crippen LogP) is 2.80. The van der Waals surface area contributed by atoms with Gasteiger partial charge in [-0.2, -0.15) is 0 Å². The van der Waals surface area contributed by atoms with Crippen molar-refractivity contribution in [2.24, 2.45) is 5.92 Å². The number of allylic oxidation sites excluding steroid dienone is 4. The normalized spacial score (nSPS) is 31.1. The van der Waals surface area contributed by atoms with E-state index in [0.29, 0.717) is 0 Å². The maximum atomic E-state index is 10.9. The molecule has 1 rings (SSSR count). The van der Waals surface area contributed by atoms with Gasteiger partial charge in [0.25, 0.3) is 5.24 Å². The van der Waals surface area contributed by atoms with E-state index < -0.39 is 21.3 Å². The molecule has 0 heterocycles. The first-order valence-corrected chi connectivity index (χ1v) is 5.04. The molecule has 0 aromatic rings. The molecule has 0 saturated heterocycles. The Morgan fingerprint density at radius 3 is 2.29 bits per heavy atom. The van der Waals surface area contributed by atoms with Crippen LogP contribution in [-0.2, 0) is 9.59 Å². The monoisotopic (exact) mass is 272 g/mol. The first-order valence-electron chi connectivity index (χ1n) is 3.52. The van der Waals surface area contributed by atoms with Crippen LogP contribution in [0, 0.1) is 5.92 Å². The topological polar surface area (TPSA) is 34.1 Å². The number of halogens is 4. The lowest BCUT2D eigenvalue weighted by atomic mass is 9.97. The fourth-order valence-electron chi connectivity index (χ4n) is 0.973. The van der Waals surface area contributed by atoms with Crippen LogP contribution in [0.5, 0.6) is 0 Å². The van der Waals surface area contributed by atoms with E-state index in [-0.39, 0.29) is 5.03 Å². The molecule has 2 unspecified atom stereocenters. The van der Waals surface area contributed by atoms with E-state index in [4.69, 9.17) is 46.4 Å². The van der Waals surface area contributed by atoms with Crippen molar-refractivity contribution < 1.29 is 9.59 Å². The van der Waals surface area contributed by atoms with Crippen molar-refractivity contribution in [2.45, 2.75) is 4.87 Å². The van der Waals surface area contributed by atoms with Crippen molar-refractivity contribution >= 4 is 56.9 Å². The Bertz CT molecular complexity index is 347. The first-order chi connectivity index (χ1) is 6.37. The van der Waals surface area contributed by atoms with Gasteiger partial charge in [0, 0.05) is 5.03 Å². The van der Waals surface area contributed by atoms with E-state index in [1.165, 1.54) is 18.2 Å². The Kier molecular flexibility index (Phi) is 3.64. The van der Waals surface area contributed by atoms with Gasteiger partial charge in [-0.1, -0.05) is 23.8 Å². The van der Waals surface area contributed by atoms with Gasteiger partial charge in [-0.3, -0.25) is 9.59 Å². The Labute approximate surface area is 100 Å². The largest absolute Gasteiger partial charge is 0.280 e. The first kappa shape index (κ1) is 12.1. The minimum absolute atomic E-state index is 0.0940. The highest BCUT2D eigenvalue weighted by molar-refractivity contribution is 6.72. The van der Waals surface area contributed by atoms with Crippen LogP contribution in [0.4, 0.5) is 0 Å². The molecule has 0 aromatic carbocycles. The minimum Gasteiger partial charge on any atom is -0.280 e. The van der Waals surface area contributed by atoms with Crippen LogP contribution >= 0.6 is 46.4 Å². The smallest absolute Gasteiger partial charge is 0.250 e. The van der Waals surface area contributed by atoms with Gasteiger partial charge in [-0.15, -0.1) is 11.6 Å². The Morgan fingerprint density at radius 1 is 1.36 bits per heavy atom. The third-order valence-corrected chi connectivity index (χ3v) is 3.12. The van der Waals surface area contributed by atoms with E-state index in [1.54, 1.807) is 0 Å². The molecular weight excluding hydrogens is 270 g/mol. The van der Waals surface area contributed by atoms with E-state index in [1.807, 2.05) is 0 Å². The zero-order valence-corrected chi connectivity index (χ0v) is 9.66. The average molecular weight is 274 g/mol. The van der Waals surface area contributed by atoms with Crippen LogP contribution in [0.1, 0.15) is 0 Å². The second-order valence-corrected chi connectivity index (χ2v) is 4.49. The highest BCUT2D eigenvalue weighted by atomic mass is 35.5. The molecule has 2 nitrogen and oxygen atoms in total. The van der Waals surface area contributed by atoms with Crippen molar-refractivity contribution in [2.75, 3.05) is 0 Å². The van der Waals surface area contributed by atoms with Crippen LogP contribution in [0.25, 0.3) is 0 Å². The van der Waals surface area contributed by atoms with Crippen molar-refractivity contribution in [1.29, 1.82) is 0 Å². The lowest BCUT2D eigenvalue weighted by Gasteiger charge is -2.21. The quantitative estimate of drug-likeness (QED) is 0.440. The van der Waals surface area contributed by atoms with Crippen molar-refractivity contribution in [3.8, 4) is 0 Å². The lowest BCUT2D eigenvalue weighted by molar-refractivity contribution is -0.114. The summed E-state index contributed by atoms with van der Waals surface area (Å²) < 4.78 is 0. The minimum atomic E-state index is -1.47. The summed E-state index contributed by atoms with van der Waals surface area (Å²) in [4.78, 5) is 20.3. The highest BCUT2D eigenvalue weighted by Gasteiger charge is 2.35. The summed E-state index contributed by atoms with van der Waals surface area (Å²) in [7, 11) is 0. The molecule has 0 fully saturated rings. The summed E-state index contributed by atoms with van der Waals surface area (Å²) in [6.45, 7) is 0. The van der Waals surface area contributed by atoms with Gasteiger partial charge >= 0.3 is 0 Å². The van der Waals surface area contributed by atoms with Crippen molar-refractivity contribution in [3.63, 3.8) is 0 Å². The SMILES string of the molecule is O=C(Cl)C1C=CC(Cl)(C(=O)Cl)C=C1Cl. The molecule has 0 radical (unpaired) electrons. The molecule has 0 spiro atoms. The lowest BCUT2D eigenvalue weighted by Crippen LogP contribution is -2.28. The standard InChI is InChI=1S/C8H4Cl4O2/c9-5-3-8(12,7(11)14)2-1-4(5)6(10)13/h1-4H. The van der Waals surface area contributed by atoms with E-state index >= 15 is 0 Å². The van der Waals surface area contributed by atoms with Gasteiger partial charge in [0.05, 0.1) is 5.92 Å². The predicted molar refractivity (Wildman–Crippen MR) is 56.9 cm³/mol. The van der Waals surface area contributed by atoms with E-state index in [0.717, 1.165) is 0 Å². The molecule has 0 bridgehead atoms. The average Bonchev–Trinajstić information content (AvgIpc) is 2.02. The van der Waals surface area contributed by atoms with Gasteiger partial charge in [0.15, 0.2) is 4.87 Å². The summed E-state index contributed by atoms with van der Waals surface area (Å²) in [6.07, 6.45) is 3.85. The number of rotatable bonds is 2. The summed E-state index contributed by atoms with van der Waals surface area (Å²) >= 11 is 22.0. The number of alkyl halides is 1. The fourth-order valence-corrected chi connectivity index (χ4v) is 1.93. The number of hydrogen-bond donors (Lipinski definition) is 0. The van der Waals surface area contributed by atoms with Crippen molar-refractivity contribution in [1.82, 2.24) is 0 Å².